The van der Waals surface area contributed by atoms with Gasteiger partial charge in [0.05, 0.1) is 26.7 Å². The van der Waals surface area contributed by atoms with Crippen LogP contribution in [0.2, 0.25) is 0 Å². The first-order valence-corrected chi connectivity index (χ1v) is 6.57. The van der Waals surface area contributed by atoms with Gasteiger partial charge >= 0.3 is 5.97 Å². The molecule has 0 amide bonds. The van der Waals surface area contributed by atoms with Gasteiger partial charge < -0.3 is 21.7 Å². The van der Waals surface area contributed by atoms with Gasteiger partial charge in [-0.15, -0.1) is 0 Å². The second-order valence-electron chi connectivity index (χ2n) is 5.77. The lowest BCUT2D eigenvalue weighted by Crippen LogP contribution is -3.00. The fourth-order valence-corrected chi connectivity index (χ4v) is 1.90. The van der Waals surface area contributed by atoms with Gasteiger partial charge in [-0.2, -0.15) is 0 Å². The normalized spacial score (nSPS) is 10.7. The SMILES string of the molecule is Cc1cccc(C(=O)Oc2cccc([N+](C)(C)C)c2)c1.[Br-]. The predicted molar refractivity (Wildman–Crippen MR) is 82.1 cm³/mol. The summed E-state index contributed by atoms with van der Waals surface area (Å²) in [6.45, 7) is 1.95. The number of carbonyl (C=O) groups excluding carboxylic acids is 1. The number of aryl methyl sites for hydroxylation is 1. The highest BCUT2D eigenvalue weighted by molar-refractivity contribution is 5.91. The van der Waals surface area contributed by atoms with Crippen molar-refractivity contribution in [3.63, 3.8) is 0 Å². The third-order valence-corrected chi connectivity index (χ3v) is 3.06. The van der Waals surface area contributed by atoms with E-state index in [1.165, 1.54) is 0 Å². The average Bonchev–Trinajstić information content (AvgIpc) is 2.38. The van der Waals surface area contributed by atoms with Gasteiger partial charge in [0.25, 0.3) is 0 Å². The zero-order chi connectivity index (χ0) is 14.8. The van der Waals surface area contributed by atoms with Crippen molar-refractivity contribution in [3.8, 4) is 5.75 Å². The Morgan fingerprint density at radius 1 is 1.00 bits per heavy atom. The molecule has 4 heteroatoms. The number of nitrogens with zero attached hydrogens (tertiary/aromatic N) is 1. The lowest BCUT2D eigenvalue weighted by atomic mass is 10.1. The number of carbonyl (C=O) groups is 1. The van der Waals surface area contributed by atoms with Crippen molar-refractivity contribution in [2.24, 2.45) is 0 Å². The number of quaternary nitrogens is 1. The molecular formula is C17H20BrNO2. The van der Waals surface area contributed by atoms with Crippen LogP contribution in [0.3, 0.4) is 0 Å². The largest absolute Gasteiger partial charge is 1.00 e. The van der Waals surface area contributed by atoms with Crippen molar-refractivity contribution in [1.82, 2.24) is 4.48 Å². The van der Waals surface area contributed by atoms with E-state index >= 15 is 0 Å². The summed E-state index contributed by atoms with van der Waals surface area (Å²) >= 11 is 0. The van der Waals surface area contributed by atoms with Crippen LogP contribution in [0, 0.1) is 6.92 Å². The molecule has 112 valence electrons. The summed E-state index contributed by atoms with van der Waals surface area (Å²) in [5.41, 5.74) is 2.69. The van der Waals surface area contributed by atoms with Gasteiger partial charge in [-0.1, -0.05) is 23.8 Å². The highest BCUT2D eigenvalue weighted by Gasteiger charge is 2.14. The Morgan fingerprint density at radius 2 is 1.67 bits per heavy atom. The van der Waals surface area contributed by atoms with Gasteiger partial charge in [0, 0.05) is 6.07 Å². The van der Waals surface area contributed by atoms with Crippen molar-refractivity contribution in [1.29, 1.82) is 0 Å². The summed E-state index contributed by atoms with van der Waals surface area (Å²) in [7, 11) is 6.21. The number of hydrogen-bond acceptors (Lipinski definition) is 2. The van der Waals surface area contributed by atoms with Crippen molar-refractivity contribution in [2.75, 3.05) is 21.1 Å². The molecule has 3 nitrogen and oxygen atoms in total. The molecule has 0 saturated carbocycles. The molecule has 2 rings (SSSR count). The first-order chi connectivity index (χ1) is 9.36. The van der Waals surface area contributed by atoms with E-state index < -0.39 is 0 Å². The Hall–Kier alpha value is -1.65. The Kier molecular flexibility index (Phi) is 5.70. The molecule has 21 heavy (non-hydrogen) atoms. The monoisotopic (exact) mass is 349 g/mol. The van der Waals surface area contributed by atoms with Crippen molar-refractivity contribution < 1.29 is 26.5 Å². The Balaban J connectivity index is 0.00000220. The van der Waals surface area contributed by atoms with Gasteiger partial charge in [0.15, 0.2) is 0 Å². The van der Waals surface area contributed by atoms with Gasteiger partial charge in [0.1, 0.15) is 11.4 Å². The smallest absolute Gasteiger partial charge is 0.343 e. The van der Waals surface area contributed by atoms with Crippen LogP contribution in [0.15, 0.2) is 48.5 Å². The number of hydrogen-bond donors (Lipinski definition) is 0. The third-order valence-electron chi connectivity index (χ3n) is 3.06. The van der Waals surface area contributed by atoms with E-state index in [2.05, 4.69) is 21.1 Å². The van der Waals surface area contributed by atoms with Crippen LogP contribution in [0.1, 0.15) is 15.9 Å². The minimum absolute atomic E-state index is 0. The van der Waals surface area contributed by atoms with E-state index in [0.717, 1.165) is 11.3 Å². The average molecular weight is 350 g/mol. The highest BCUT2D eigenvalue weighted by atomic mass is 79.9. The summed E-state index contributed by atoms with van der Waals surface area (Å²) in [5, 5.41) is 0. The molecule has 0 bridgehead atoms. The molecule has 0 heterocycles. The molecule has 0 aliphatic heterocycles. The van der Waals surface area contributed by atoms with Crippen LogP contribution in [0.5, 0.6) is 5.75 Å². The second kappa shape index (κ2) is 6.87. The summed E-state index contributed by atoms with van der Waals surface area (Å²) in [6.07, 6.45) is 0. The van der Waals surface area contributed by atoms with Crippen LogP contribution in [0.4, 0.5) is 5.69 Å². The van der Waals surface area contributed by atoms with Crippen LogP contribution in [-0.4, -0.2) is 27.1 Å². The molecule has 0 N–H and O–H groups in total. The van der Waals surface area contributed by atoms with Gasteiger partial charge in [-0.05, 0) is 31.2 Å². The minimum Gasteiger partial charge on any atom is -1.00 e. The lowest BCUT2D eigenvalue weighted by Gasteiger charge is -2.23. The molecule has 2 aromatic rings. The molecular weight excluding hydrogens is 330 g/mol. The number of ether oxygens (including phenoxy) is 1. The second-order valence-corrected chi connectivity index (χ2v) is 5.77. The summed E-state index contributed by atoms with van der Waals surface area (Å²) in [6, 6.07) is 15.0. The van der Waals surface area contributed by atoms with E-state index in [-0.39, 0.29) is 23.0 Å². The minimum atomic E-state index is -0.327. The quantitative estimate of drug-likeness (QED) is 0.456. The Morgan fingerprint density at radius 3 is 2.29 bits per heavy atom. The van der Waals surface area contributed by atoms with Crippen molar-refractivity contribution in [3.05, 3.63) is 59.7 Å². The maximum absolute atomic E-state index is 12.1. The van der Waals surface area contributed by atoms with E-state index in [1.807, 2.05) is 43.3 Å². The number of rotatable bonds is 3. The molecule has 0 atom stereocenters. The zero-order valence-electron chi connectivity index (χ0n) is 12.8. The van der Waals surface area contributed by atoms with E-state index in [1.54, 1.807) is 12.1 Å². The van der Waals surface area contributed by atoms with Crippen LogP contribution in [0.25, 0.3) is 0 Å². The molecule has 0 fully saturated rings. The maximum Gasteiger partial charge on any atom is 0.343 e. The number of benzene rings is 2. The van der Waals surface area contributed by atoms with E-state index in [9.17, 15) is 4.79 Å². The molecule has 0 unspecified atom stereocenters. The molecule has 0 aromatic heterocycles. The van der Waals surface area contributed by atoms with E-state index in [0.29, 0.717) is 15.8 Å². The maximum atomic E-state index is 12.1. The standard InChI is InChI=1S/C17H20NO2.BrH/c1-13-7-5-8-14(11-13)17(19)20-16-10-6-9-15(12-16)18(2,3)4;/h5-12H,1-4H3;1H/q+1;/p-1. The van der Waals surface area contributed by atoms with Gasteiger partial charge in [0.2, 0.25) is 0 Å². The molecule has 0 saturated heterocycles. The molecule has 2 aromatic carbocycles. The number of esters is 1. The topological polar surface area (TPSA) is 26.3 Å². The summed E-state index contributed by atoms with van der Waals surface area (Å²) in [5.74, 6) is 0.245. The predicted octanol–water partition coefficient (Wildman–Crippen LogP) is 0.415. The fourth-order valence-electron chi connectivity index (χ4n) is 1.90. The van der Waals surface area contributed by atoms with E-state index in [4.69, 9.17) is 4.74 Å². The zero-order valence-corrected chi connectivity index (χ0v) is 14.3. The van der Waals surface area contributed by atoms with Crippen LogP contribution in [-0.2, 0) is 0 Å². The molecule has 0 radical (unpaired) electrons. The van der Waals surface area contributed by atoms with Crippen LogP contribution >= 0.6 is 0 Å². The van der Waals surface area contributed by atoms with Gasteiger partial charge in [-0.25, -0.2) is 4.79 Å². The first kappa shape index (κ1) is 17.4. The van der Waals surface area contributed by atoms with Gasteiger partial charge in [-0.3, -0.25) is 4.48 Å². The Labute approximate surface area is 136 Å². The van der Waals surface area contributed by atoms with Crippen molar-refractivity contribution >= 4 is 11.7 Å². The highest BCUT2D eigenvalue weighted by Crippen LogP contribution is 2.23. The summed E-state index contributed by atoms with van der Waals surface area (Å²) < 4.78 is 6.12. The Bertz CT molecular complexity index is 633. The molecule has 0 spiro atoms. The number of halogens is 1. The van der Waals surface area contributed by atoms with Crippen LogP contribution < -0.4 is 26.2 Å². The lowest BCUT2D eigenvalue weighted by molar-refractivity contribution is -0.0000173. The fraction of sp³-hybridized carbons (Fsp3) is 0.235. The third kappa shape index (κ3) is 4.69. The molecule has 0 aliphatic carbocycles. The van der Waals surface area contributed by atoms with Crippen molar-refractivity contribution in [2.45, 2.75) is 6.92 Å². The molecule has 0 aliphatic rings. The first-order valence-electron chi connectivity index (χ1n) is 6.57. The summed E-state index contributed by atoms with van der Waals surface area (Å²) in [4.78, 5) is 12.1.